The largest absolute Gasteiger partial charge is 0.481 e. The Morgan fingerprint density at radius 2 is 2.09 bits per heavy atom. The fourth-order valence-corrected chi connectivity index (χ4v) is 4.03. The quantitative estimate of drug-likeness (QED) is 0.282. The lowest BCUT2D eigenvalue weighted by Crippen LogP contribution is -2.31. The number of fused-ring (bicyclic) bond motifs is 2. The van der Waals surface area contributed by atoms with Crippen molar-refractivity contribution in [3.63, 3.8) is 0 Å². The molecule has 0 saturated carbocycles. The summed E-state index contributed by atoms with van der Waals surface area (Å²) in [5.41, 5.74) is 5.84. The Morgan fingerprint density at radius 1 is 1.29 bits per heavy atom. The van der Waals surface area contributed by atoms with Gasteiger partial charge in [0.2, 0.25) is 0 Å². The van der Waals surface area contributed by atoms with Gasteiger partial charge in [0.1, 0.15) is 5.60 Å². The lowest BCUT2D eigenvalue weighted by atomic mass is 9.98. The van der Waals surface area contributed by atoms with Crippen molar-refractivity contribution >= 4 is 34.0 Å². The normalized spacial score (nSPS) is 13.4. The van der Waals surface area contributed by atoms with E-state index < -0.39 is 11.6 Å². The number of hydrogen-bond donors (Lipinski definition) is 2. The molecule has 0 aliphatic rings. The molecule has 2 N–H and O–H groups in total. The van der Waals surface area contributed by atoms with Crippen molar-refractivity contribution in [2.75, 3.05) is 0 Å². The molecule has 0 saturated heterocycles. The van der Waals surface area contributed by atoms with Gasteiger partial charge in [-0.2, -0.15) is 4.98 Å². The fraction of sp³-hybridized carbons (Fsp3) is 0.214. The van der Waals surface area contributed by atoms with Crippen LogP contribution in [-0.2, 0) is 11.8 Å². The number of aliphatic carboxylic acids is 1. The molecule has 1 atom stereocenters. The van der Waals surface area contributed by atoms with Gasteiger partial charge in [-0.3, -0.25) is 4.79 Å². The molecule has 6 nitrogen and oxygen atoms in total. The standard InChI is InChI=1S/C28H29N3O3/c1-6-19-16-23-24(17-22(19)20-7-8-25-21(15-20)11-14-31(25)5)30-27(29-23)34-28(4,12-9-18(2)3)13-10-26(32)33/h6-9,11-12,14-17H,1-2,10,13H2,3-5H3,(H,29,30)(H,32,33). The second-order valence-corrected chi connectivity index (χ2v) is 8.89. The van der Waals surface area contributed by atoms with Gasteiger partial charge >= 0.3 is 5.97 Å². The smallest absolute Gasteiger partial charge is 0.303 e. The molecule has 174 valence electrons. The molecule has 0 radical (unpaired) electrons. The van der Waals surface area contributed by atoms with Crippen LogP contribution in [0.15, 0.2) is 73.5 Å². The van der Waals surface area contributed by atoms with E-state index in [0.29, 0.717) is 12.4 Å². The van der Waals surface area contributed by atoms with Crippen molar-refractivity contribution in [3.05, 3.63) is 79.0 Å². The second-order valence-electron chi connectivity index (χ2n) is 8.89. The van der Waals surface area contributed by atoms with Crippen LogP contribution in [0, 0.1) is 0 Å². The minimum atomic E-state index is -0.876. The predicted molar refractivity (Wildman–Crippen MR) is 138 cm³/mol. The number of carbonyl (C=O) groups is 1. The molecule has 2 aromatic carbocycles. The van der Waals surface area contributed by atoms with E-state index in [9.17, 15) is 4.79 Å². The Balaban J connectivity index is 1.72. The molecule has 34 heavy (non-hydrogen) atoms. The number of carboxylic acid groups (broad SMARTS) is 1. The van der Waals surface area contributed by atoms with Crippen molar-refractivity contribution in [3.8, 4) is 17.1 Å². The second kappa shape index (κ2) is 9.06. The number of carboxylic acids is 1. The van der Waals surface area contributed by atoms with E-state index in [-0.39, 0.29) is 6.42 Å². The van der Waals surface area contributed by atoms with Gasteiger partial charge in [-0.25, -0.2) is 0 Å². The van der Waals surface area contributed by atoms with E-state index >= 15 is 0 Å². The van der Waals surface area contributed by atoms with Crippen LogP contribution >= 0.6 is 0 Å². The minimum Gasteiger partial charge on any atom is -0.481 e. The van der Waals surface area contributed by atoms with E-state index in [1.165, 1.54) is 10.9 Å². The van der Waals surface area contributed by atoms with Gasteiger partial charge in [-0.1, -0.05) is 36.9 Å². The summed E-state index contributed by atoms with van der Waals surface area (Å²) in [7, 11) is 2.03. The number of imidazole rings is 1. The number of aryl methyl sites for hydroxylation is 1. The third-order valence-corrected chi connectivity index (χ3v) is 5.93. The van der Waals surface area contributed by atoms with Crippen molar-refractivity contribution in [1.82, 2.24) is 14.5 Å². The minimum absolute atomic E-state index is 0.0238. The third kappa shape index (κ3) is 4.81. The topological polar surface area (TPSA) is 80.1 Å². The number of allylic oxidation sites excluding steroid dienone is 2. The van der Waals surface area contributed by atoms with Crippen molar-refractivity contribution in [2.24, 2.45) is 7.05 Å². The predicted octanol–water partition coefficient (Wildman–Crippen LogP) is 6.50. The van der Waals surface area contributed by atoms with Crippen molar-refractivity contribution in [2.45, 2.75) is 32.3 Å². The molecule has 2 heterocycles. The first kappa shape index (κ1) is 23.1. The molecular weight excluding hydrogens is 426 g/mol. The number of benzene rings is 2. The van der Waals surface area contributed by atoms with Crippen LogP contribution in [0.3, 0.4) is 0 Å². The van der Waals surface area contributed by atoms with Crippen LogP contribution in [0.25, 0.3) is 39.1 Å². The van der Waals surface area contributed by atoms with Gasteiger partial charge in [0.15, 0.2) is 0 Å². The van der Waals surface area contributed by atoms with Gasteiger partial charge in [-0.15, -0.1) is 0 Å². The molecule has 6 heteroatoms. The molecule has 0 fully saturated rings. The average molecular weight is 456 g/mol. The SMILES string of the molecule is C=Cc1cc2[nH]c(OC(C)(C=CC(=C)C)CCC(=O)O)nc2cc1-c1ccc2c(ccn2C)c1. The Hall–Kier alpha value is -4.06. The summed E-state index contributed by atoms with van der Waals surface area (Å²) in [5, 5.41) is 10.3. The molecule has 0 aliphatic carbocycles. The maximum atomic E-state index is 11.2. The number of nitrogens with zero attached hydrogens (tertiary/aromatic N) is 2. The Bertz CT molecular complexity index is 1440. The van der Waals surface area contributed by atoms with Crippen molar-refractivity contribution < 1.29 is 14.6 Å². The van der Waals surface area contributed by atoms with Crippen LogP contribution in [0.4, 0.5) is 0 Å². The van der Waals surface area contributed by atoms with Gasteiger partial charge in [0.25, 0.3) is 6.01 Å². The average Bonchev–Trinajstić information content (AvgIpc) is 3.37. The number of rotatable bonds is 9. The maximum absolute atomic E-state index is 11.2. The van der Waals surface area contributed by atoms with E-state index in [1.807, 2.05) is 57.5 Å². The number of hydrogen-bond acceptors (Lipinski definition) is 3. The number of nitrogens with one attached hydrogen (secondary N) is 1. The summed E-state index contributed by atoms with van der Waals surface area (Å²) in [6, 6.07) is 12.8. The maximum Gasteiger partial charge on any atom is 0.303 e. The molecule has 2 aromatic heterocycles. The van der Waals surface area contributed by atoms with Crippen molar-refractivity contribution in [1.29, 1.82) is 0 Å². The highest BCUT2D eigenvalue weighted by Crippen LogP contribution is 2.33. The number of aromatic nitrogens is 3. The van der Waals surface area contributed by atoms with Crippen LogP contribution < -0.4 is 4.74 Å². The summed E-state index contributed by atoms with van der Waals surface area (Å²) < 4.78 is 8.28. The fourth-order valence-electron chi connectivity index (χ4n) is 4.03. The lowest BCUT2D eigenvalue weighted by Gasteiger charge is -2.25. The number of ether oxygens (including phenoxy) is 1. The third-order valence-electron chi connectivity index (χ3n) is 5.93. The molecule has 0 spiro atoms. The summed E-state index contributed by atoms with van der Waals surface area (Å²) in [4.78, 5) is 19.1. The van der Waals surface area contributed by atoms with E-state index in [4.69, 9.17) is 9.84 Å². The number of H-pyrrole nitrogens is 1. The van der Waals surface area contributed by atoms with E-state index in [2.05, 4.69) is 52.0 Å². The van der Waals surface area contributed by atoms with Crippen LogP contribution in [0.2, 0.25) is 0 Å². The first-order chi connectivity index (χ1) is 16.2. The summed E-state index contributed by atoms with van der Waals surface area (Å²) in [6.07, 6.45) is 7.82. The molecular formula is C28H29N3O3. The number of aromatic amines is 1. The Labute approximate surface area is 198 Å². The lowest BCUT2D eigenvalue weighted by molar-refractivity contribution is -0.137. The van der Waals surface area contributed by atoms with Crippen LogP contribution in [-0.4, -0.2) is 31.2 Å². The highest BCUT2D eigenvalue weighted by Gasteiger charge is 2.26. The van der Waals surface area contributed by atoms with E-state index in [1.54, 1.807) is 0 Å². The molecule has 0 amide bonds. The van der Waals surface area contributed by atoms with Crippen LogP contribution in [0.5, 0.6) is 6.01 Å². The van der Waals surface area contributed by atoms with Gasteiger partial charge in [-0.05, 0) is 66.9 Å². The zero-order chi connectivity index (χ0) is 24.5. The summed E-state index contributed by atoms with van der Waals surface area (Å²) in [6.45, 7) is 11.6. The molecule has 4 aromatic rings. The van der Waals surface area contributed by atoms with Gasteiger partial charge in [0, 0.05) is 37.0 Å². The zero-order valence-electron chi connectivity index (χ0n) is 19.8. The first-order valence-electron chi connectivity index (χ1n) is 11.1. The Kier molecular flexibility index (Phi) is 6.16. The van der Waals surface area contributed by atoms with Gasteiger partial charge < -0.3 is 19.4 Å². The zero-order valence-corrected chi connectivity index (χ0v) is 19.8. The summed E-state index contributed by atoms with van der Waals surface area (Å²) in [5.74, 6) is -0.876. The molecule has 1 unspecified atom stereocenters. The van der Waals surface area contributed by atoms with E-state index in [0.717, 1.165) is 33.3 Å². The monoisotopic (exact) mass is 455 g/mol. The molecule has 0 bridgehead atoms. The molecule has 4 rings (SSSR count). The summed E-state index contributed by atoms with van der Waals surface area (Å²) >= 11 is 0. The van der Waals surface area contributed by atoms with Gasteiger partial charge in [0.05, 0.1) is 11.0 Å². The first-order valence-corrected chi connectivity index (χ1v) is 11.1. The highest BCUT2D eigenvalue weighted by atomic mass is 16.5. The van der Waals surface area contributed by atoms with Crippen LogP contribution in [0.1, 0.15) is 32.3 Å². The highest BCUT2D eigenvalue weighted by molar-refractivity contribution is 5.92. The Morgan fingerprint density at radius 3 is 2.79 bits per heavy atom. The molecule has 0 aliphatic heterocycles.